The lowest BCUT2D eigenvalue weighted by Gasteiger charge is -2.46. The Morgan fingerprint density at radius 1 is 1.02 bits per heavy atom. The number of pyridine rings is 1. The predicted octanol–water partition coefficient (Wildman–Crippen LogP) is 6.54. The molecule has 0 aromatic carbocycles. The topological polar surface area (TPSA) is 113 Å². The number of oxazole rings is 1. The van der Waals surface area contributed by atoms with Gasteiger partial charge in [0.25, 0.3) is 11.9 Å². The third-order valence-electron chi connectivity index (χ3n) is 8.68. The van der Waals surface area contributed by atoms with Gasteiger partial charge in [-0.2, -0.15) is 4.98 Å². The minimum absolute atomic E-state index is 0.0907. The number of fused-ring (bicyclic) bond motifs is 1. The van der Waals surface area contributed by atoms with Crippen molar-refractivity contribution in [2.75, 3.05) is 24.5 Å². The molecule has 40 heavy (non-hydrogen) atoms. The fraction of sp³-hybridized carbons (Fsp3) is 0.613. The van der Waals surface area contributed by atoms with Crippen LogP contribution in [0, 0.1) is 12.3 Å². The van der Waals surface area contributed by atoms with Crippen molar-refractivity contribution in [1.29, 1.82) is 0 Å². The van der Waals surface area contributed by atoms with Gasteiger partial charge in [0.15, 0.2) is 17.0 Å². The number of nitrogens with zero attached hydrogens (tertiary/aromatic N) is 4. The number of hydrogen-bond acceptors (Lipinski definition) is 7. The predicted molar refractivity (Wildman–Crippen MR) is 153 cm³/mol. The van der Waals surface area contributed by atoms with E-state index in [4.69, 9.17) is 13.8 Å². The van der Waals surface area contributed by atoms with Gasteiger partial charge in [0.1, 0.15) is 11.3 Å². The van der Waals surface area contributed by atoms with Crippen molar-refractivity contribution in [2.45, 2.75) is 97.9 Å². The number of amides is 1. The van der Waals surface area contributed by atoms with Crippen molar-refractivity contribution in [3.05, 3.63) is 40.6 Å². The fourth-order valence-electron chi connectivity index (χ4n) is 6.15. The summed E-state index contributed by atoms with van der Waals surface area (Å²) in [6.45, 7) is 18.1. The zero-order valence-corrected chi connectivity index (χ0v) is 25.1. The number of carboxylic acids is 1. The summed E-state index contributed by atoms with van der Waals surface area (Å²) in [5.74, 6) is -0.335. The molecule has 3 aromatic heterocycles. The van der Waals surface area contributed by atoms with Crippen LogP contribution in [-0.4, -0.2) is 57.0 Å². The highest BCUT2D eigenvalue weighted by Crippen LogP contribution is 2.43. The number of carbonyl (C=O) groups excluding carboxylic acids is 1. The Bertz CT molecular complexity index is 1450. The third kappa shape index (κ3) is 5.22. The van der Waals surface area contributed by atoms with Crippen LogP contribution in [0.3, 0.4) is 0 Å². The summed E-state index contributed by atoms with van der Waals surface area (Å²) >= 11 is 0. The molecule has 1 amide bonds. The Morgan fingerprint density at radius 2 is 1.70 bits per heavy atom. The van der Waals surface area contributed by atoms with Gasteiger partial charge >= 0.3 is 5.97 Å². The second-order valence-electron chi connectivity index (χ2n) is 14.0. The highest BCUT2D eigenvalue weighted by atomic mass is 16.4. The van der Waals surface area contributed by atoms with Crippen molar-refractivity contribution < 1.29 is 23.5 Å². The van der Waals surface area contributed by atoms with Crippen LogP contribution in [0.5, 0.6) is 0 Å². The minimum Gasteiger partial charge on any atom is -0.476 e. The molecule has 1 saturated heterocycles. The summed E-state index contributed by atoms with van der Waals surface area (Å²) in [4.78, 5) is 38.2. The standard InChI is InChI=1S/C31H42N4O5/c1-18-24(27(37)38)33-28(39-18)34-13-14-35(31(7,8)17-34)26(36)23-16-22-25(40-23)20(29(2,3)4)15-21(32-22)19-9-11-30(5,6)12-10-19/h15-16,19H,9-14,17H2,1-8H3,(H,37,38). The zero-order valence-electron chi connectivity index (χ0n) is 25.1. The van der Waals surface area contributed by atoms with E-state index in [1.54, 1.807) is 6.92 Å². The van der Waals surface area contributed by atoms with E-state index in [0.717, 1.165) is 29.6 Å². The molecule has 0 spiro atoms. The zero-order chi connectivity index (χ0) is 29.2. The molecule has 1 N–H and O–H groups in total. The van der Waals surface area contributed by atoms with Crippen molar-refractivity contribution in [1.82, 2.24) is 14.9 Å². The number of rotatable bonds is 4. The Labute approximate surface area is 235 Å². The Hall–Kier alpha value is -3.36. The monoisotopic (exact) mass is 550 g/mol. The molecule has 1 saturated carbocycles. The number of aryl methyl sites for hydroxylation is 1. The molecule has 5 rings (SSSR count). The lowest BCUT2D eigenvalue weighted by Crippen LogP contribution is -2.61. The molecule has 1 aliphatic heterocycles. The summed E-state index contributed by atoms with van der Waals surface area (Å²) < 4.78 is 12.0. The molecule has 2 aliphatic rings. The normalized spacial score (nSPS) is 19.8. The van der Waals surface area contributed by atoms with E-state index in [1.165, 1.54) is 12.8 Å². The molecule has 0 atom stereocenters. The van der Waals surface area contributed by atoms with Crippen LogP contribution < -0.4 is 4.90 Å². The SMILES string of the molecule is Cc1oc(N2CCN(C(=O)c3cc4nc(C5CCC(C)(C)CC5)cc(C(C)(C)C)c4o3)C(C)(C)C2)nc1C(=O)O. The highest BCUT2D eigenvalue weighted by Gasteiger charge is 2.40. The first-order chi connectivity index (χ1) is 18.6. The van der Waals surface area contributed by atoms with Crippen molar-refractivity contribution in [2.24, 2.45) is 5.41 Å². The van der Waals surface area contributed by atoms with E-state index >= 15 is 0 Å². The number of aromatic nitrogens is 2. The number of furan rings is 1. The first-order valence-corrected chi connectivity index (χ1v) is 14.3. The molecule has 9 nitrogen and oxygen atoms in total. The van der Waals surface area contributed by atoms with Gasteiger partial charge in [-0.3, -0.25) is 4.79 Å². The summed E-state index contributed by atoms with van der Waals surface area (Å²) in [7, 11) is 0. The Kier molecular flexibility index (Phi) is 6.78. The second kappa shape index (κ2) is 9.63. The molecule has 0 bridgehead atoms. The van der Waals surface area contributed by atoms with Crippen LogP contribution >= 0.6 is 0 Å². The molecular formula is C31H42N4O5. The van der Waals surface area contributed by atoms with E-state index in [-0.39, 0.29) is 34.6 Å². The van der Waals surface area contributed by atoms with Crippen LogP contribution in [0.2, 0.25) is 0 Å². The number of piperazine rings is 1. The van der Waals surface area contributed by atoms with Crippen molar-refractivity contribution >= 4 is 29.0 Å². The summed E-state index contributed by atoms with van der Waals surface area (Å²) in [5, 5.41) is 9.35. The summed E-state index contributed by atoms with van der Waals surface area (Å²) in [6, 6.07) is 4.27. The van der Waals surface area contributed by atoms with Crippen LogP contribution in [-0.2, 0) is 5.41 Å². The molecule has 216 valence electrons. The number of aromatic carboxylic acids is 1. The average Bonchev–Trinajstić information content (AvgIpc) is 3.45. The quantitative estimate of drug-likeness (QED) is 0.389. The van der Waals surface area contributed by atoms with Crippen LogP contribution in [0.15, 0.2) is 21.0 Å². The second-order valence-corrected chi connectivity index (χ2v) is 14.0. The maximum atomic E-state index is 13.9. The maximum Gasteiger partial charge on any atom is 0.358 e. The van der Waals surface area contributed by atoms with Crippen molar-refractivity contribution in [3.63, 3.8) is 0 Å². The number of carbonyl (C=O) groups is 2. The molecule has 3 aromatic rings. The molecule has 0 unspecified atom stereocenters. The molecule has 4 heterocycles. The van der Waals surface area contributed by atoms with Gasteiger partial charge in [-0.1, -0.05) is 34.6 Å². The lowest BCUT2D eigenvalue weighted by molar-refractivity contribution is 0.0478. The van der Waals surface area contributed by atoms with Gasteiger partial charge < -0.3 is 23.7 Å². The molecule has 0 radical (unpaired) electrons. The first-order valence-electron chi connectivity index (χ1n) is 14.3. The Balaban J connectivity index is 1.42. The lowest BCUT2D eigenvalue weighted by atomic mass is 9.72. The Morgan fingerprint density at radius 3 is 2.27 bits per heavy atom. The largest absolute Gasteiger partial charge is 0.476 e. The maximum absolute atomic E-state index is 13.9. The number of hydrogen-bond donors (Lipinski definition) is 1. The van der Waals surface area contributed by atoms with Crippen molar-refractivity contribution in [3.8, 4) is 0 Å². The van der Waals surface area contributed by atoms with Gasteiger partial charge in [0.2, 0.25) is 0 Å². The number of carboxylic acid groups (broad SMARTS) is 1. The van der Waals surface area contributed by atoms with Gasteiger partial charge in [0, 0.05) is 42.9 Å². The fourth-order valence-corrected chi connectivity index (χ4v) is 6.15. The van der Waals surface area contributed by atoms with Crippen LogP contribution in [0.4, 0.5) is 6.01 Å². The van der Waals surface area contributed by atoms with Gasteiger partial charge in [0.05, 0.1) is 5.54 Å². The van der Waals surface area contributed by atoms with E-state index in [0.29, 0.717) is 36.6 Å². The van der Waals surface area contributed by atoms with Gasteiger partial charge in [-0.15, -0.1) is 0 Å². The average molecular weight is 551 g/mol. The molecule has 9 heteroatoms. The minimum atomic E-state index is -1.12. The highest BCUT2D eigenvalue weighted by molar-refractivity contribution is 5.96. The smallest absolute Gasteiger partial charge is 0.358 e. The summed E-state index contributed by atoms with van der Waals surface area (Å²) in [5.41, 5.74) is 3.14. The van der Waals surface area contributed by atoms with E-state index < -0.39 is 11.5 Å². The molecule has 1 aliphatic carbocycles. The van der Waals surface area contributed by atoms with E-state index in [9.17, 15) is 14.7 Å². The molecular weight excluding hydrogens is 508 g/mol. The summed E-state index contributed by atoms with van der Waals surface area (Å²) in [6.07, 6.45) is 4.61. The third-order valence-corrected chi connectivity index (χ3v) is 8.68. The first kappa shape index (κ1) is 28.2. The van der Waals surface area contributed by atoms with E-state index in [1.807, 2.05) is 29.7 Å². The van der Waals surface area contributed by atoms with Gasteiger partial charge in [-0.25, -0.2) is 9.78 Å². The molecule has 2 fully saturated rings. The van der Waals surface area contributed by atoms with E-state index in [2.05, 4.69) is 45.7 Å². The van der Waals surface area contributed by atoms with Crippen LogP contribution in [0.25, 0.3) is 11.1 Å². The number of anilines is 1. The van der Waals surface area contributed by atoms with Gasteiger partial charge in [-0.05, 0) is 63.4 Å². The van der Waals surface area contributed by atoms with Crippen LogP contribution in [0.1, 0.15) is 118 Å².